The summed E-state index contributed by atoms with van der Waals surface area (Å²) in [6.45, 7) is 0. The van der Waals surface area contributed by atoms with E-state index < -0.39 is 0 Å². The third kappa shape index (κ3) is 2.57. The number of nitrogens with zero attached hydrogens (tertiary/aromatic N) is 1. The van der Waals surface area contributed by atoms with Gasteiger partial charge in [0.15, 0.2) is 5.78 Å². The number of carbonyl (C=O) groups is 2. The van der Waals surface area contributed by atoms with Crippen LogP contribution in [0.4, 0.5) is 0 Å². The largest absolute Gasteiger partial charge is 0.299 e. The standard InChI is InChI=1S/C20H21NO2S/c1-24-13-10-8-12(9-11-13)18-19-14(4-2-6-16(19)22)21-15-5-3-7-17(23)20(15)18/h8-11,18-19H,2-7H2,1H3/t18-,19?/m1/s1. The minimum absolute atomic E-state index is 0.121. The molecule has 0 spiro atoms. The van der Waals surface area contributed by atoms with Crippen LogP contribution in [0.3, 0.4) is 0 Å². The van der Waals surface area contributed by atoms with Crippen LogP contribution in [0.15, 0.2) is 45.4 Å². The highest BCUT2D eigenvalue weighted by Gasteiger charge is 2.44. The second-order valence-corrected chi connectivity index (χ2v) is 7.67. The first-order valence-electron chi connectivity index (χ1n) is 8.69. The van der Waals surface area contributed by atoms with Crippen LogP contribution in [0.25, 0.3) is 0 Å². The molecule has 4 rings (SSSR count). The summed E-state index contributed by atoms with van der Waals surface area (Å²) in [7, 11) is 0. The van der Waals surface area contributed by atoms with Gasteiger partial charge in [0.1, 0.15) is 5.78 Å². The van der Waals surface area contributed by atoms with Gasteiger partial charge in [0.25, 0.3) is 0 Å². The third-order valence-electron chi connectivity index (χ3n) is 5.39. The van der Waals surface area contributed by atoms with Crippen LogP contribution < -0.4 is 0 Å². The molecule has 0 radical (unpaired) electrons. The summed E-state index contributed by atoms with van der Waals surface area (Å²) in [5.74, 6) is 0.101. The molecule has 1 aromatic rings. The maximum atomic E-state index is 12.7. The van der Waals surface area contributed by atoms with E-state index in [2.05, 4.69) is 30.5 Å². The zero-order chi connectivity index (χ0) is 16.7. The number of Topliss-reactive ketones (excluding diaryl/α,β-unsaturated/α-hetero) is 2. The van der Waals surface area contributed by atoms with Crippen molar-refractivity contribution in [3.8, 4) is 0 Å². The lowest BCUT2D eigenvalue weighted by Crippen LogP contribution is -2.39. The highest BCUT2D eigenvalue weighted by molar-refractivity contribution is 7.98. The molecule has 2 atom stereocenters. The molecule has 3 aliphatic rings. The molecule has 0 amide bonds. The summed E-state index contributed by atoms with van der Waals surface area (Å²) < 4.78 is 0. The molecule has 0 saturated heterocycles. The van der Waals surface area contributed by atoms with Crippen molar-refractivity contribution in [3.05, 3.63) is 41.1 Å². The van der Waals surface area contributed by atoms with E-state index in [1.54, 1.807) is 11.8 Å². The Bertz CT molecular complexity index is 760. The molecule has 0 N–H and O–H groups in total. The molecular weight excluding hydrogens is 318 g/mol. The molecule has 3 nitrogen and oxygen atoms in total. The van der Waals surface area contributed by atoms with Crippen LogP contribution in [0.2, 0.25) is 0 Å². The summed E-state index contributed by atoms with van der Waals surface area (Å²) in [4.78, 5) is 31.4. The number of fused-ring (bicyclic) bond motifs is 1. The van der Waals surface area contributed by atoms with Crippen molar-refractivity contribution in [3.63, 3.8) is 0 Å². The Hall–Kier alpha value is -1.68. The van der Waals surface area contributed by atoms with Crippen LogP contribution in [-0.4, -0.2) is 23.5 Å². The average molecular weight is 339 g/mol. The topological polar surface area (TPSA) is 46.5 Å². The highest BCUT2D eigenvalue weighted by atomic mass is 32.2. The van der Waals surface area contributed by atoms with Crippen LogP contribution in [0, 0.1) is 5.92 Å². The normalized spacial score (nSPS) is 26.8. The van der Waals surface area contributed by atoms with Gasteiger partial charge in [-0.05, 0) is 49.6 Å². The Labute approximate surface area is 146 Å². The van der Waals surface area contributed by atoms with Gasteiger partial charge in [0, 0.05) is 40.6 Å². The molecule has 4 heteroatoms. The first kappa shape index (κ1) is 15.8. The van der Waals surface area contributed by atoms with Gasteiger partial charge in [-0.15, -0.1) is 11.8 Å². The van der Waals surface area contributed by atoms with Gasteiger partial charge in [-0.3, -0.25) is 14.6 Å². The molecule has 0 aromatic heterocycles. The number of thioether (sulfide) groups is 1. The molecule has 1 heterocycles. The Morgan fingerprint density at radius 1 is 0.958 bits per heavy atom. The molecular formula is C20H21NO2S. The molecule has 1 aliphatic heterocycles. The maximum absolute atomic E-state index is 12.7. The lowest BCUT2D eigenvalue weighted by Gasteiger charge is -2.37. The van der Waals surface area contributed by atoms with E-state index in [-0.39, 0.29) is 23.4 Å². The molecule has 0 bridgehead atoms. The minimum atomic E-state index is -0.223. The Balaban J connectivity index is 1.85. The SMILES string of the molecule is CSc1ccc([C@H]2C3=C(CCCC3=O)N=C3CCCC(=O)C32)cc1. The van der Waals surface area contributed by atoms with Gasteiger partial charge < -0.3 is 0 Å². The van der Waals surface area contributed by atoms with E-state index >= 15 is 0 Å². The number of aliphatic imine (C=N–C) groups is 1. The smallest absolute Gasteiger partial charge is 0.161 e. The zero-order valence-electron chi connectivity index (χ0n) is 13.9. The summed E-state index contributed by atoms with van der Waals surface area (Å²) in [5.41, 5.74) is 3.87. The van der Waals surface area contributed by atoms with Crippen molar-refractivity contribution in [2.24, 2.45) is 10.9 Å². The second kappa shape index (κ2) is 6.32. The van der Waals surface area contributed by atoms with Crippen molar-refractivity contribution < 1.29 is 9.59 Å². The Morgan fingerprint density at radius 2 is 1.71 bits per heavy atom. The number of benzene rings is 1. The molecule has 1 aromatic carbocycles. The molecule has 1 fully saturated rings. The number of hydrogen-bond acceptors (Lipinski definition) is 4. The van der Waals surface area contributed by atoms with Crippen molar-refractivity contribution in [2.75, 3.05) is 6.26 Å². The predicted octanol–water partition coefficient (Wildman–Crippen LogP) is 4.32. The van der Waals surface area contributed by atoms with E-state index in [0.29, 0.717) is 12.8 Å². The monoisotopic (exact) mass is 339 g/mol. The Kier molecular flexibility index (Phi) is 4.17. The third-order valence-corrected chi connectivity index (χ3v) is 6.13. The van der Waals surface area contributed by atoms with Gasteiger partial charge >= 0.3 is 0 Å². The highest BCUT2D eigenvalue weighted by Crippen LogP contribution is 2.46. The second-order valence-electron chi connectivity index (χ2n) is 6.79. The van der Waals surface area contributed by atoms with Crippen LogP contribution >= 0.6 is 11.8 Å². The van der Waals surface area contributed by atoms with Gasteiger partial charge in [0.05, 0.1) is 5.92 Å². The molecule has 1 saturated carbocycles. The fourth-order valence-electron chi connectivity index (χ4n) is 4.27. The molecule has 124 valence electrons. The van der Waals surface area contributed by atoms with Gasteiger partial charge in [-0.1, -0.05) is 12.1 Å². The molecule has 1 unspecified atom stereocenters. The fraction of sp³-hybridized carbons (Fsp3) is 0.450. The average Bonchev–Trinajstić information content (AvgIpc) is 2.61. The summed E-state index contributed by atoms with van der Waals surface area (Å²) in [5, 5.41) is 0. The zero-order valence-corrected chi connectivity index (χ0v) is 14.7. The lowest BCUT2D eigenvalue weighted by atomic mass is 9.67. The first-order valence-corrected chi connectivity index (χ1v) is 9.92. The Morgan fingerprint density at radius 3 is 2.46 bits per heavy atom. The number of ketones is 2. The van der Waals surface area contributed by atoms with Gasteiger partial charge in [0.2, 0.25) is 0 Å². The van der Waals surface area contributed by atoms with E-state index in [9.17, 15) is 9.59 Å². The lowest BCUT2D eigenvalue weighted by molar-refractivity contribution is -0.122. The van der Waals surface area contributed by atoms with E-state index in [4.69, 9.17) is 4.99 Å². The molecule has 24 heavy (non-hydrogen) atoms. The number of carbonyl (C=O) groups excluding carboxylic acids is 2. The summed E-state index contributed by atoms with van der Waals surface area (Å²) in [6, 6.07) is 8.36. The van der Waals surface area contributed by atoms with Crippen LogP contribution in [0.1, 0.15) is 50.0 Å². The summed E-state index contributed by atoms with van der Waals surface area (Å²) >= 11 is 1.70. The van der Waals surface area contributed by atoms with E-state index in [1.165, 1.54) is 4.90 Å². The quantitative estimate of drug-likeness (QED) is 0.754. The minimum Gasteiger partial charge on any atom is -0.299 e. The van der Waals surface area contributed by atoms with Crippen molar-refractivity contribution in [1.29, 1.82) is 0 Å². The maximum Gasteiger partial charge on any atom is 0.161 e. The summed E-state index contributed by atoms with van der Waals surface area (Å²) in [6.07, 6.45) is 6.78. The van der Waals surface area contributed by atoms with Crippen molar-refractivity contribution in [2.45, 2.75) is 49.3 Å². The van der Waals surface area contributed by atoms with E-state index in [1.807, 2.05) is 0 Å². The van der Waals surface area contributed by atoms with Gasteiger partial charge in [-0.25, -0.2) is 0 Å². The number of rotatable bonds is 2. The van der Waals surface area contributed by atoms with Crippen LogP contribution in [0.5, 0.6) is 0 Å². The van der Waals surface area contributed by atoms with Gasteiger partial charge in [-0.2, -0.15) is 0 Å². The predicted molar refractivity (Wildman–Crippen MR) is 96.6 cm³/mol. The fourth-order valence-corrected chi connectivity index (χ4v) is 4.68. The first-order chi connectivity index (χ1) is 11.7. The number of hydrogen-bond donors (Lipinski definition) is 0. The van der Waals surface area contributed by atoms with Crippen molar-refractivity contribution >= 4 is 29.0 Å². The molecule has 2 aliphatic carbocycles. The van der Waals surface area contributed by atoms with Crippen molar-refractivity contribution in [1.82, 2.24) is 0 Å². The number of allylic oxidation sites excluding steroid dienone is 2. The van der Waals surface area contributed by atoms with Crippen LogP contribution in [-0.2, 0) is 9.59 Å². The van der Waals surface area contributed by atoms with E-state index in [0.717, 1.165) is 48.2 Å².